The fourth-order valence-electron chi connectivity index (χ4n) is 4.00. The summed E-state index contributed by atoms with van der Waals surface area (Å²) in [5, 5.41) is 3.63. The molecule has 1 aliphatic rings. The number of nitrogens with one attached hydrogen (secondary N) is 1. The highest BCUT2D eigenvalue weighted by Gasteiger charge is 2.36. The lowest BCUT2D eigenvalue weighted by molar-refractivity contribution is 0.0571. The highest BCUT2D eigenvalue weighted by molar-refractivity contribution is 4.93. The molecule has 0 aromatic heterocycles. The zero-order chi connectivity index (χ0) is 16.0. The van der Waals surface area contributed by atoms with Crippen molar-refractivity contribution >= 4 is 0 Å². The third-order valence-electron chi connectivity index (χ3n) is 5.21. The zero-order valence-electron chi connectivity index (χ0n) is 15.7. The first-order valence-corrected chi connectivity index (χ1v) is 9.26. The molecule has 0 bridgehead atoms. The van der Waals surface area contributed by atoms with E-state index in [1.165, 1.54) is 38.8 Å². The van der Waals surface area contributed by atoms with E-state index in [0.717, 1.165) is 29.7 Å². The first kappa shape index (κ1) is 19.0. The van der Waals surface area contributed by atoms with Gasteiger partial charge in [-0.25, -0.2) is 0 Å². The van der Waals surface area contributed by atoms with Crippen LogP contribution in [0.15, 0.2) is 0 Å². The monoisotopic (exact) mass is 296 g/mol. The molecule has 1 fully saturated rings. The standard InChI is InChI=1S/C19H40N2/c1-14(2)8-10-21(11-9-15(3)4)19-17(6)12-16(5)13-18(19)20-7/h14-20H,8-13H2,1-7H3. The van der Waals surface area contributed by atoms with Crippen LogP contribution in [0.3, 0.4) is 0 Å². The van der Waals surface area contributed by atoms with Crippen LogP contribution in [0.2, 0.25) is 0 Å². The van der Waals surface area contributed by atoms with Crippen LogP contribution in [-0.4, -0.2) is 37.1 Å². The highest BCUT2D eigenvalue weighted by atomic mass is 15.2. The van der Waals surface area contributed by atoms with E-state index in [2.05, 4.69) is 58.8 Å². The molecule has 0 spiro atoms. The van der Waals surface area contributed by atoms with Gasteiger partial charge in [0.25, 0.3) is 0 Å². The lowest BCUT2D eigenvalue weighted by atomic mass is 9.75. The zero-order valence-corrected chi connectivity index (χ0v) is 15.7. The third kappa shape index (κ3) is 6.28. The lowest BCUT2D eigenvalue weighted by Crippen LogP contribution is -2.56. The SMILES string of the molecule is CNC1CC(C)CC(C)C1N(CCC(C)C)CCC(C)C. The molecule has 0 heterocycles. The van der Waals surface area contributed by atoms with E-state index in [1.54, 1.807) is 0 Å². The normalized spacial score (nSPS) is 30.6. The third-order valence-corrected chi connectivity index (χ3v) is 5.21. The van der Waals surface area contributed by atoms with Gasteiger partial charge < -0.3 is 5.32 Å². The molecule has 2 heteroatoms. The Kier molecular flexibility index (Phi) is 8.26. The molecule has 0 aromatic carbocycles. The molecule has 1 aliphatic carbocycles. The van der Waals surface area contributed by atoms with Gasteiger partial charge in [-0.1, -0.05) is 41.5 Å². The van der Waals surface area contributed by atoms with Gasteiger partial charge in [0.05, 0.1) is 0 Å². The number of nitrogens with zero attached hydrogens (tertiary/aromatic N) is 1. The van der Waals surface area contributed by atoms with Crippen LogP contribution >= 0.6 is 0 Å². The summed E-state index contributed by atoms with van der Waals surface area (Å²) in [6, 6.07) is 1.40. The molecule has 0 amide bonds. The van der Waals surface area contributed by atoms with Gasteiger partial charge >= 0.3 is 0 Å². The summed E-state index contributed by atoms with van der Waals surface area (Å²) in [5.74, 6) is 3.28. The Morgan fingerprint density at radius 3 is 1.90 bits per heavy atom. The smallest absolute Gasteiger partial charge is 0.0274 e. The van der Waals surface area contributed by atoms with Crippen LogP contribution in [0.25, 0.3) is 0 Å². The van der Waals surface area contributed by atoms with E-state index >= 15 is 0 Å². The van der Waals surface area contributed by atoms with E-state index < -0.39 is 0 Å². The van der Waals surface area contributed by atoms with Crippen molar-refractivity contribution in [2.45, 2.75) is 79.3 Å². The van der Waals surface area contributed by atoms with E-state index in [9.17, 15) is 0 Å². The first-order valence-electron chi connectivity index (χ1n) is 9.26. The fourth-order valence-corrected chi connectivity index (χ4v) is 4.00. The molecule has 1 rings (SSSR count). The van der Waals surface area contributed by atoms with Crippen molar-refractivity contribution in [2.24, 2.45) is 23.7 Å². The highest BCUT2D eigenvalue weighted by Crippen LogP contribution is 2.33. The minimum Gasteiger partial charge on any atom is -0.315 e. The maximum absolute atomic E-state index is 3.63. The average Bonchev–Trinajstić information content (AvgIpc) is 2.38. The Bertz CT molecular complexity index is 263. The predicted molar refractivity (Wildman–Crippen MR) is 94.7 cm³/mol. The second-order valence-electron chi connectivity index (χ2n) is 8.34. The molecule has 4 unspecified atom stereocenters. The van der Waals surface area contributed by atoms with Gasteiger partial charge in [0.15, 0.2) is 0 Å². The second-order valence-corrected chi connectivity index (χ2v) is 8.34. The van der Waals surface area contributed by atoms with E-state index in [-0.39, 0.29) is 0 Å². The van der Waals surface area contributed by atoms with Crippen molar-refractivity contribution in [3.8, 4) is 0 Å². The number of likely N-dealkylation sites (N-methyl/N-ethyl adjacent to an activating group) is 1. The van der Waals surface area contributed by atoms with E-state index in [4.69, 9.17) is 0 Å². The van der Waals surface area contributed by atoms with Gasteiger partial charge in [-0.15, -0.1) is 0 Å². The van der Waals surface area contributed by atoms with Crippen molar-refractivity contribution in [3.63, 3.8) is 0 Å². The molecule has 1 N–H and O–H groups in total. The van der Waals surface area contributed by atoms with Gasteiger partial charge in [0.2, 0.25) is 0 Å². The first-order chi connectivity index (χ1) is 9.85. The van der Waals surface area contributed by atoms with Crippen molar-refractivity contribution in [3.05, 3.63) is 0 Å². The van der Waals surface area contributed by atoms with Crippen LogP contribution < -0.4 is 5.32 Å². The molecular weight excluding hydrogens is 256 g/mol. The molecular formula is C19H40N2. The van der Waals surface area contributed by atoms with Crippen LogP contribution in [0.4, 0.5) is 0 Å². The number of rotatable bonds is 8. The maximum Gasteiger partial charge on any atom is 0.0274 e. The van der Waals surface area contributed by atoms with Gasteiger partial charge in [0.1, 0.15) is 0 Å². The fraction of sp³-hybridized carbons (Fsp3) is 1.00. The molecule has 0 saturated heterocycles. The molecule has 21 heavy (non-hydrogen) atoms. The second kappa shape index (κ2) is 9.15. The molecule has 0 radical (unpaired) electrons. The molecule has 126 valence electrons. The van der Waals surface area contributed by atoms with Crippen LogP contribution in [0.5, 0.6) is 0 Å². The maximum atomic E-state index is 3.63. The number of hydrogen-bond acceptors (Lipinski definition) is 2. The quantitative estimate of drug-likeness (QED) is 0.714. The predicted octanol–water partition coefficient (Wildman–Crippen LogP) is 4.40. The van der Waals surface area contributed by atoms with Crippen molar-refractivity contribution in [1.29, 1.82) is 0 Å². The van der Waals surface area contributed by atoms with Crippen LogP contribution in [0.1, 0.15) is 67.2 Å². The Balaban J connectivity index is 2.76. The summed E-state index contributed by atoms with van der Waals surface area (Å²) < 4.78 is 0. The van der Waals surface area contributed by atoms with Crippen molar-refractivity contribution < 1.29 is 0 Å². The Morgan fingerprint density at radius 1 is 0.952 bits per heavy atom. The van der Waals surface area contributed by atoms with Crippen molar-refractivity contribution in [1.82, 2.24) is 10.2 Å². The molecule has 2 nitrogen and oxygen atoms in total. The minimum atomic E-state index is 0.670. The minimum absolute atomic E-state index is 0.670. The molecule has 4 atom stereocenters. The van der Waals surface area contributed by atoms with E-state index in [0.29, 0.717) is 6.04 Å². The molecule has 0 aromatic rings. The summed E-state index contributed by atoms with van der Waals surface area (Å²) in [6.45, 7) is 16.8. The van der Waals surface area contributed by atoms with Gasteiger partial charge in [0, 0.05) is 12.1 Å². The largest absolute Gasteiger partial charge is 0.315 e. The summed E-state index contributed by atoms with van der Waals surface area (Å²) in [7, 11) is 2.16. The number of hydrogen-bond donors (Lipinski definition) is 1. The topological polar surface area (TPSA) is 15.3 Å². The van der Waals surface area contributed by atoms with Gasteiger partial charge in [-0.05, 0) is 69.5 Å². The Morgan fingerprint density at radius 2 is 1.48 bits per heavy atom. The average molecular weight is 297 g/mol. The summed E-state index contributed by atoms with van der Waals surface area (Å²) in [6.07, 6.45) is 5.38. The van der Waals surface area contributed by atoms with Gasteiger partial charge in [-0.2, -0.15) is 0 Å². The van der Waals surface area contributed by atoms with E-state index in [1.807, 2.05) is 0 Å². The van der Waals surface area contributed by atoms with Crippen LogP contribution in [0, 0.1) is 23.7 Å². The Hall–Kier alpha value is -0.0800. The Labute approximate surface area is 134 Å². The van der Waals surface area contributed by atoms with Crippen LogP contribution in [-0.2, 0) is 0 Å². The lowest BCUT2D eigenvalue weighted by Gasteiger charge is -2.46. The summed E-state index contributed by atoms with van der Waals surface area (Å²) in [5.41, 5.74) is 0. The summed E-state index contributed by atoms with van der Waals surface area (Å²) >= 11 is 0. The molecule has 1 saturated carbocycles. The molecule has 0 aliphatic heterocycles. The summed E-state index contributed by atoms with van der Waals surface area (Å²) in [4.78, 5) is 2.82. The van der Waals surface area contributed by atoms with Gasteiger partial charge in [-0.3, -0.25) is 4.90 Å². The van der Waals surface area contributed by atoms with Crippen molar-refractivity contribution in [2.75, 3.05) is 20.1 Å².